The summed E-state index contributed by atoms with van der Waals surface area (Å²) in [5.41, 5.74) is 10.1. The summed E-state index contributed by atoms with van der Waals surface area (Å²) in [6, 6.07) is 20.2. The van der Waals surface area contributed by atoms with Gasteiger partial charge in [0.15, 0.2) is 6.61 Å². The summed E-state index contributed by atoms with van der Waals surface area (Å²) in [7, 11) is 1.58. The zero-order valence-electron chi connectivity index (χ0n) is 19.1. The van der Waals surface area contributed by atoms with Crippen LogP contribution < -0.4 is 24.7 Å². The molecule has 0 aliphatic carbocycles. The summed E-state index contributed by atoms with van der Waals surface area (Å²) in [5, 5.41) is 9.72. The molecule has 0 radical (unpaired) electrons. The number of methoxy groups -OCH3 is 1. The second-order valence-electron chi connectivity index (χ2n) is 7.91. The SMILES string of the molecule is COc1cccc(C2C(C#N)=C(N)Oc3cc(OC(=O)COc4ccc(C)c(C)c4)ccc32)c1. The van der Waals surface area contributed by atoms with Crippen LogP contribution in [0.15, 0.2) is 72.1 Å². The topological polar surface area (TPSA) is 104 Å². The van der Waals surface area contributed by atoms with E-state index < -0.39 is 11.9 Å². The standard InChI is InChI=1S/C27H24N2O5/c1-16-7-8-20(11-17(16)2)32-15-25(30)33-21-9-10-22-24(13-21)34-27(29)23(14-28)26(22)18-5-4-6-19(12-18)31-3/h4-13,26H,15,29H2,1-3H3. The summed E-state index contributed by atoms with van der Waals surface area (Å²) in [6.07, 6.45) is 0. The molecule has 0 spiro atoms. The number of hydrogen-bond donors (Lipinski definition) is 1. The van der Waals surface area contributed by atoms with Gasteiger partial charge in [0.25, 0.3) is 0 Å². The van der Waals surface area contributed by atoms with Gasteiger partial charge >= 0.3 is 5.97 Å². The Morgan fingerprint density at radius 1 is 1.03 bits per heavy atom. The zero-order valence-corrected chi connectivity index (χ0v) is 19.1. The van der Waals surface area contributed by atoms with Crippen molar-refractivity contribution in [2.24, 2.45) is 5.73 Å². The van der Waals surface area contributed by atoms with E-state index in [2.05, 4.69) is 6.07 Å². The summed E-state index contributed by atoms with van der Waals surface area (Å²) in [4.78, 5) is 12.3. The number of esters is 1. The molecule has 0 saturated heterocycles. The molecule has 0 bridgehead atoms. The van der Waals surface area contributed by atoms with Crippen LogP contribution >= 0.6 is 0 Å². The number of hydrogen-bond acceptors (Lipinski definition) is 7. The molecular formula is C27H24N2O5. The first-order chi connectivity index (χ1) is 16.4. The van der Waals surface area contributed by atoms with Crippen molar-refractivity contribution in [2.45, 2.75) is 19.8 Å². The van der Waals surface area contributed by atoms with Crippen LogP contribution in [0.5, 0.6) is 23.0 Å². The molecule has 1 aliphatic heterocycles. The van der Waals surface area contributed by atoms with E-state index >= 15 is 0 Å². The third-order valence-electron chi connectivity index (χ3n) is 5.68. The first-order valence-electron chi connectivity index (χ1n) is 10.7. The van der Waals surface area contributed by atoms with E-state index in [-0.39, 0.29) is 18.2 Å². The number of rotatable bonds is 6. The van der Waals surface area contributed by atoms with Gasteiger partial charge in [-0.25, -0.2) is 4.79 Å². The highest BCUT2D eigenvalue weighted by molar-refractivity contribution is 5.74. The molecule has 3 aromatic rings. The summed E-state index contributed by atoms with van der Waals surface area (Å²) < 4.78 is 22.0. The summed E-state index contributed by atoms with van der Waals surface area (Å²) in [5.74, 6) is 0.952. The van der Waals surface area contributed by atoms with Gasteiger partial charge in [0.05, 0.1) is 13.0 Å². The zero-order chi connectivity index (χ0) is 24.2. The second-order valence-corrected chi connectivity index (χ2v) is 7.91. The van der Waals surface area contributed by atoms with Crippen LogP contribution in [-0.2, 0) is 4.79 Å². The van der Waals surface area contributed by atoms with Crippen molar-refractivity contribution in [1.29, 1.82) is 5.26 Å². The lowest BCUT2D eigenvalue weighted by atomic mass is 9.83. The van der Waals surface area contributed by atoms with Crippen molar-refractivity contribution in [3.63, 3.8) is 0 Å². The predicted molar refractivity (Wildman–Crippen MR) is 126 cm³/mol. The van der Waals surface area contributed by atoms with Gasteiger partial charge in [-0.2, -0.15) is 5.26 Å². The fraction of sp³-hybridized carbons (Fsp3) is 0.185. The highest BCUT2D eigenvalue weighted by Gasteiger charge is 2.31. The van der Waals surface area contributed by atoms with Gasteiger partial charge in [-0.1, -0.05) is 24.3 Å². The Morgan fingerprint density at radius 3 is 2.56 bits per heavy atom. The highest BCUT2D eigenvalue weighted by atomic mass is 16.6. The Kier molecular flexibility index (Phi) is 6.42. The molecule has 1 heterocycles. The van der Waals surface area contributed by atoms with Crippen molar-refractivity contribution in [3.8, 4) is 29.1 Å². The van der Waals surface area contributed by atoms with Crippen molar-refractivity contribution in [3.05, 3.63) is 94.4 Å². The minimum absolute atomic E-state index is 0.00405. The van der Waals surface area contributed by atoms with Crippen LogP contribution in [-0.4, -0.2) is 19.7 Å². The second kappa shape index (κ2) is 9.59. The van der Waals surface area contributed by atoms with Gasteiger partial charge in [-0.15, -0.1) is 0 Å². The maximum Gasteiger partial charge on any atom is 0.349 e. The molecule has 172 valence electrons. The average Bonchev–Trinajstić information content (AvgIpc) is 2.83. The summed E-state index contributed by atoms with van der Waals surface area (Å²) in [6.45, 7) is 3.74. The van der Waals surface area contributed by atoms with Crippen molar-refractivity contribution in [1.82, 2.24) is 0 Å². The monoisotopic (exact) mass is 456 g/mol. The van der Waals surface area contributed by atoms with E-state index in [9.17, 15) is 10.1 Å². The smallest absolute Gasteiger partial charge is 0.349 e. The molecule has 0 fully saturated rings. The van der Waals surface area contributed by atoms with Crippen LogP contribution in [0.1, 0.15) is 28.2 Å². The third kappa shape index (κ3) is 4.66. The minimum Gasteiger partial charge on any atom is -0.497 e. The molecule has 7 nitrogen and oxygen atoms in total. The van der Waals surface area contributed by atoms with Gasteiger partial charge in [-0.05, 0) is 60.9 Å². The summed E-state index contributed by atoms with van der Waals surface area (Å²) >= 11 is 0. The highest BCUT2D eigenvalue weighted by Crippen LogP contribution is 2.44. The Balaban J connectivity index is 1.54. The number of carbonyl (C=O) groups is 1. The van der Waals surface area contributed by atoms with Gasteiger partial charge in [-0.3, -0.25) is 0 Å². The van der Waals surface area contributed by atoms with Crippen LogP contribution in [0.2, 0.25) is 0 Å². The number of nitriles is 1. The van der Waals surface area contributed by atoms with E-state index in [4.69, 9.17) is 24.7 Å². The fourth-order valence-electron chi connectivity index (χ4n) is 3.77. The largest absolute Gasteiger partial charge is 0.497 e. The molecule has 0 aromatic heterocycles. The number of allylic oxidation sites excluding steroid dienone is 1. The first kappa shape index (κ1) is 22.7. The van der Waals surface area contributed by atoms with E-state index in [0.29, 0.717) is 22.8 Å². The molecular weight excluding hydrogens is 432 g/mol. The van der Waals surface area contributed by atoms with Crippen LogP contribution in [0.4, 0.5) is 0 Å². The maximum atomic E-state index is 12.3. The molecule has 3 aromatic carbocycles. The molecule has 34 heavy (non-hydrogen) atoms. The molecule has 7 heteroatoms. The van der Waals surface area contributed by atoms with Gasteiger partial charge in [0.1, 0.15) is 34.6 Å². The van der Waals surface area contributed by atoms with Crippen LogP contribution in [0.25, 0.3) is 0 Å². The number of nitrogens with two attached hydrogens (primary N) is 1. The number of aryl methyl sites for hydroxylation is 2. The Hall–Kier alpha value is -4.44. The third-order valence-corrected chi connectivity index (χ3v) is 5.68. The molecule has 1 atom stereocenters. The van der Waals surface area contributed by atoms with E-state index in [1.165, 1.54) is 0 Å². The predicted octanol–water partition coefficient (Wildman–Crippen LogP) is 4.51. The Bertz CT molecular complexity index is 1320. The average molecular weight is 456 g/mol. The fourth-order valence-corrected chi connectivity index (χ4v) is 3.77. The molecule has 1 unspecified atom stereocenters. The van der Waals surface area contributed by atoms with Crippen molar-refractivity contribution >= 4 is 5.97 Å². The molecule has 2 N–H and O–H groups in total. The number of benzene rings is 3. The maximum absolute atomic E-state index is 12.3. The number of carbonyl (C=O) groups excluding carboxylic acids is 1. The normalized spacial score (nSPS) is 14.5. The lowest BCUT2D eigenvalue weighted by molar-refractivity contribution is -0.136. The Morgan fingerprint density at radius 2 is 1.82 bits per heavy atom. The van der Waals surface area contributed by atoms with E-state index in [0.717, 1.165) is 22.3 Å². The molecule has 4 rings (SSSR count). The number of nitrogens with zero attached hydrogens (tertiary/aromatic N) is 1. The lowest BCUT2D eigenvalue weighted by Gasteiger charge is -2.27. The van der Waals surface area contributed by atoms with E-state index in [1.54, 1.807) is 25.3 Å². The van der Waals surface area contributed by atoms with Gasteiger partial charge < -0.3 is 24.7 Å². The lowest BCUT2D eigenvalue weighted by Crippen LogP contribution is -2.21. The first-order valence-corrected chi connectivity index (χ1v) is 10.7. The Labute approximate surface area is 197 Å². The van der Waals surface area contributed by atoms with Gasteiger partial charge in [0.2, 0.25) is 5.88 Å². The van der Waals surface area contributed by atoms with Crippen molar-refractivity contribution < 1.29 is 23.7 Å². The van der Waals surface area contributed by atoms with Crippen molar-refractivity contribution in [2.75, 3.05) is 13.7 Å². The molecule has 0 amide bonds. The number of fused-ring (bicyclic) bond motifs is 1. The van der Waals surface area contributed by atoms with Crippen LogP contribution in [0.3, 0.4) is 0 Å². The number of ether oxygens (including phenoxy) is 4. The minimum atomic E-state index is -0.556. The van der Waals surface area contributed by atoms with E-state index in [1.807, 2.05) is 56.3 Å². The van der Waals surface area contributed by atoms with Crippen LogP contribution in [0, 0.1) is 25.2 Å². The molecule has 0 saturated carbocycles. The van der Waals surface area contributed by atoms with Gasteiger partial charge in [0, 0.05) is 11.6 Å². The molecule has 1 aliphatic rings. The quantitative estimate of drug-likeness (QED) is 0.430.